The molecule has 7 nitrogen and oxygen atoms in total. The van der Waals surface area contributed by atoms with E-state index in [1.807, 2.05) is 18.2 Å². The monoisotopic (exact) mass is 509 g/mol. The van der Waals surface area contributed by atoms with E-state index in [2.05, 4.69) is 22.6 Å². The summed E-state index contributed by atoms with van der Waals surface area (Å²) in [6.45, 7) is 3.82. The topological polar surface area (TPSA) is 95.7 Å². The first-order chi connectivity index (χ1) is 13.8. The van der Waals surface area contributed by atoms with Crippen LogP contribution in [0.5, 0.6) is 0 Å². The standard InChI is InChI=1S/C21H20INO6/c1-3-28-19(24)11-21(12-20(25)29-4-2)17-9-13(22)5-7-15(17)16-8-6-14(23(26)27)10-18(16)21/h5-10H,3-4,11-12H2,1-2H3. The van der Waals surface area contributed by atoms with E-state index >= 15 is 0 Å². The van der Waals surface area contributed by atoms with Gasteiger partial charge in [-0.05, 0) is 76.9 Å². The molecule has 0 spiro atoms. The summed E-state index contributed by atoms with van der Waals surface area (Å²) >= 11 is 2.17. The molecule has 0 amide bonds. The highest BCUT2D eigenvalue weighted by Gasteiger charge is 2.47. The Bertz CT molecular complexity index is 967. The van der Waals surface area contributed by atoms with Crippen LogP contribution in [0.4, 0.5) is 5.69 Å². The zero-order valence-corrected chi connectivity index (χ0v) is 18.2. The van der Waals surface area contributed by atoms with Crippen molar-refractivity contribution in [3.05, 3.63) is 61.2 Å². The maximum Gasteiger partial charge on any atom is 0.307 e. The highest BCUT2D eigenvalue weighted by atomic mass is 127. The molecule has 0 saturated carbocycles. The van der Waals surface area contributed by atoms with Crippen molar-refractivity contribution in [3.63, 3.8) is 0 Å². The molecule has 0 N–H and O–H groups in total. The number of benzene rings is 2. The van der Waals surface area contributed by atoms with Crippen LogP contribution in [0, 0.1) is 13.7 Å². The van der Waals surface area contributed by atoms with E-state index in [0.717, 1.165) is 20.3 Å². The molecule has 0 bridgehead atoms. The molecule has 1 aliphatic rings. The number of nitrogens with zero attached hydrogens (tertiary/aromatic N) is 1. The van der Waals surface area contributed by atoms with Gasteiger partial charge in [0.1, 0.15) is 0 Å². The average molecular weight is 509 g/mol. The van der Waals surface area contributed by atoms with Crippen LogP contribution in [0.1, 0.15) is 37.8 Å². The molecule has 0 aromatic heterocycles. The molecule has 2 aromatic carbocycles. The van der Waals surface area contributed by atoms with Crippen LogP contribution in [0.25, 0.3) is 11.1 Å². The second kappa shape index (κ2) is 8.48. The summed E-state index contributed by atoms with van der Waals surface area (Å²) in [5.74, 6) is -0.943. The lowest BCUT2D eigenvalue weighted by atomic mass is 9.72. The SMILES string of the molecule is CCOC(=O)CC1(CC(=O)OCC)c2cc(I)ccc2-c2ccc([N+](=O)[O-])cc21. The van der Waals surface area contributed by atoms with Crippen LogP contribution in [0.2, 0.25) is 0 Å². The zero-order chi connectivity index (χ0) is 21.2. The Labute approximate surface area is 181 Å². The fourth-order valence-electron chi connectivity index (χ4n) is 3.93. The predicted molar refractivity (Wildman–Crippen MR) is 115 cm³/mol. The molecule has 8 heteroatoms. The van der Waals surface area contributed by atoms with Crippen molar-refractivity contribution < 1.29 is 24.0 Å². The molecule has 0 unspecified atom stereocenters. The van der Waals surface area contributed by atoms with Gasteiger partial charge in [0, 0.05) is 21.1 Å². The lowest BCUT2D eigenvalue weighted by Crippen LogP contribution is -2.33. The summed E-state index contributed by atoms with van der Waals surface area (Å²) in [4.78, 5) is 36.0. The molecular formula is C21H20INO6. The van der Waals surface area contributed by atoms with Gasteiger partial charge in [-0.2, -0.15) is 0 Å². The number of non-ortho nitro benzene ring substituents is 1. The lowest BCUT2D eigenvalue weighted by Gasteiger charge is -2.30. The number of hydrogen-bond acceptors (Lipinski definition) is 6. The van der Waals surface area contributed by atoms with Gasteiger partial charge in [0.25, 0.3) is 5.69 Å². The van der Waals surface area contributed by atoms with Crippen LogP contribution < -0.4 is 0 Å². The highest BCUT2D eigenvalue weighted by Crippen LogP contribution is 2.54. The van der Waals surface area contributed by atoms with Gasteiger partial charge in [0.05, 0.1) is 31.0 Å². The Morgan fingerprint density at radius 1 is 0.966 bits per heavy atom. The number of carbonyl (C=O) groups is 2. The number of nitro benzene ring substituents is 1. The van der Waals surface area contributed by atoms with E-state index in [9.17, 15) is 19.7 Å². The number of halogens is 1. The molecule has 29 heavy (non-hydrogen) atoms. The van der Waals surface area contributed by atoms with E-state index < -0.39 is 22.3 Å². The zero-order valence-electron chi connectivity index (χ0n) is 16.1. The Kier molecular flexibility index (Phi) is 6.21. The van der Waals surface area contributed by atoms with Gasteiger partial charge in [0.15, 0.2) is 0 Å². The minimum Gasteiger partial charge on any atom is -0.466 e. The van der Waals surface area contributed by atoms with E-state index in [0.29, 0.717) is 5.56 Å². The molecule has 1 aliphatic carbocycles. The van der Waals surface area contributed by atoms with Crippen LogP contribution >= 0.6 is 22.6 Å². The van der Waals surface area contributed by atoms with E-state index in [4.69, 9.17) is 9.47 Å². The minimum absolute atomic E-state index is 0.0941. The first kappa shape index (κ1) is 21.2. The first-order valence-corrected chi connectivity index (χ1v) is 10.3. The van der Waals surface area contributed by atoms with Crippen molar-refractivity contribution in [1.82, 2.24) is 0 Å². The van der Waals surface area contributed by atoms with Crippen LogP contribution in [0.3, 0.4) is 0 Å². The fourth-order valence-corrected chi connectivity index (χ4v) is 4.42. The summed E-state index contributed by atoms with van der Waals surface area (Å²) in [6, 6.07) is 10.3. The maximum atomic E-state index is 12.6. The second-order valence-corrected chi connectivity index (χ2v) is 7.97. The van der Waals surface area contributed by atoms with Crippen LogP contribution in [-0.4, -0.2) is 30.1 Å². The number of rotatable bonds is 7. The number of carbonyl (C=O) groups excluding carboxylic acids is 2. The first-order valence-electron chi connectivity index (χ1n) is 9.23. The van der Waals surface area contributed by atoms with Gasteiger partial charge in [-0.15, -0.1) is 0 Å². The molecule has 152 valence electrons. The molecule has 2 aromatic rings. The van der Waals surface area contributed by atoms with Gasteiger partial charge in [0.2, 0.25) is 0 Å². The van der Waals surface area contributed by atoms with Crippen molar-refractivity contribution in [2.45, 2.75) is 32.1 Å². The highest BCUT2D eigenvalue weighted by molar-refractivity contribution is 14.1. The third-order valence-corrected chi connectivity index (χ3v) is 5.69. The molecule has 0 atom stereocenters. The number of nitro groups is 1. The third kappa shape index (κ3) is 3.98. The summed E-state index contributed by atoms with van der Waals surface area (Å²) in [6.07, 6.45) is -0.220. The predicted octanol–water partition coefficient (Wildman–Crippen LogP) is 4.37. The van der Waals surface area contributed by atoms with Crippen molar-refractivity contribution in [1.29, 1.82) is 0 Å². The molecule has 0 radical (unpaired) electrons. The number of ether oxygens (including phenoxy) is 2. The van der Waals surface area contributed by atoms with Gasteiger partial charge < -0.3 is 9.47 Å². The number of fused-ring (bicyclic) bond motifs is 3. The third-order valence-electron chi connectivity index (χ3n) is 5.02. The smallest absolute Gasteiger partial charge is 0.307 e. The molecule has 3 rings (SSSR count). The van der Waals surface area contributed by atoms with Crippen LogP contribution in [-0.2, 0) is 24.5 Å². The largest absolute Gasteiger partial charge is 0.466 e. The van der Waals surface area contributed by atoms with Gasteiger partial charge in [-0.25, -0.2) is 0 Å². The summed E-state index contributed by atoms with van der Waals surface area (Å²) < 4.78 is 11.3. The average Bonchev–Trinajstić information content (AvgIpc) is 2.91. The van der Waals surface area contributed by atoms with Crippen molar-refractivity contribution in [2.24, 2.45) is 0 Å². The van der Waals surface area contributed by atoms with E-state index in [1.165, 1.54) is 12.1 Å². The Balaban J connectivity index is 2.27. The van der Waals surface area contributed by atoms with E-state index in [-0.39, 0.29) is 31.7 Å². The van der Waals surface area contributed by atoms with Gasteiger partial charge in [-0.3, -0.25) is 19.7 Å². The minimum atomic E-state index is -1.09. The van der Waals surface area contributed by atoms with E-state index in [1.54, 1.807) is 19.9 Å². The maximum absolute atomic E-state index is 12.6. The fraction of sp³-hybridized carbons (Fsp3) is 0.333. The summed E-state index contributed by atoms with van der Waals surface area (Å²) in [5, 5.41) is 11.4. The summed E-state index contributed by atoms with van der Waals surface area (Å²) in [5.41, 5.74) is 1.80. The van der Waals surface area contributed by atoms with Gasteiger partial charge >= 0.3 is 11.9 Å². The lowest BCUT2D eigenvalue weighted by molar-refractivity contribution is -0.384. The normalized spacial score (nSPS) is 13.3. The molecule has 0 fully saturated rings. The molecular weight excluding hydrogens is 489 g/mol. The number of hydrogen-bond donors (Lipinski definition) is 0. The van der Waals surface area contributed by atoms with Crippen molar-refractivity contribution in [2.75, 3.05) is 13.2 Å². The Hall–Kier alpha value is -2.49. The second-order valence-electron chi connectivity index (χ2n) is 6.72. The Morgan fingerprint density at radius 3 is 2.00 bits per heavy atom. The van der Waals surface area contributed by atoms with Crippen LogP contribution in [0.15, 0.2) is 36.4 Å². The quantitative estimate of drug-likeness (QED) is 0.238. The molecule has 0 saturated heterocycles. The summed E-state index contributed by atoms with van der Waals surface area (Å²) in [7, 11) is 0. The van der Waals surface area contributed by atoms with Crippen molar-refractivity contribution >= 4 is 40.2 Å². The number of esters is 2. The molecule has 0 aliphatic heterocycles. The van der Waals surface area contributed by atoms with Crippen molar-refractivity contribution in [3.8, 4) is 11.1 Å². The Morgan fingerprint density at radius 2 is 1.48 bits per heavy atom. The van der Waals surface area contributed by atoms with Gasteiger partial charge in [-0.1, -0.05) is 6.07 Å². The molecule has 0 heterocycles.